The Hall–Kier alpha value is -3.53. The molecule has 0 radical (unpaired) electrons. The van der Waals surface area contributed by atoms with Crippen LogP contribution < -0.4 is 0 Å². The summed E-state index contributed by atoms with van der Waals surface area (Å²) in [4.78, 5) is 35.6. The van der Waals surface area contributed by atoms with Crippen molar-refractivity contribution < 1.29 is 27.5 Å². The number of fused-ring (bicyclic) bond motifs is 2. The lowest BCUT2D eigenvalue weighted by atomic mass is 9.99. The number of esters is 1. The fourth-order valence-electron chi connectivity index (χ4n) is 4.37. The number of ether oxygens (including phenoxy) is 1. The van der Waals surface area contributed by atoms with Gasteiger partial charge in [-0.2, -0.15) is 13.2 Å². The first kappa shape index (κ1) is 23.2. The summed E-state index contributed by atoms with van der Waals surface area (Å²) >= 11 is 1.59. The predicted molar refractivity (Wildman–Crippen MR) is 125 cm³/mol. The highest BCUT2D eigenvalue weighted by atomic mass is 32.1. The van der Waals surface area contributed by atoms with Crippen molar-refractivity contribution in [3.63, 3.8) is 0 Å². The van der Waals surface area contributed by atoms with E-state index < -0.39 is 35.8 Å². The van der Waals surface area contributed by atoms with Gasteiger partial charge in [0.25, 0.3) is 5.91 Å². The molecule has 2 aromatic heterocycles. The molecule has 5 rings (SSSR count). The van der Waals surface area contributed by atoms with Crippen molar-refractivity contribution in [2.75, 3.05) is 19.7 Å². The van der Waals surface area contributed by atoms with Gasteiger partial charge in [0.1, 0.15) is 0 Å². The van der Waals surface area contributed by atoms with E-state index in [0.717, 1.165) is 34.3 Å². The number of piperidine rings is 1. The van der Waals surface area contributed by atoms with Crippen LogP contribution in [0.25, 0.3) is 21.1 Å². The minimum absolute atomic E-state index is 0.0577. The van der Waals surface area contributed by atoms with E-state index in [9.17, 15) is 22.8 Å². The lowest BCUT2D eigenvalue weighted by Crippen LogP contribution is -2.41. The van der Waals surface area contributed by atoms with Crippen molar-refractivity contribution in [1.29, 1.82) is 0 Å². The maximum atomic E-state index is 13.8. The molecule has 1 aliphatic rings. The van der Waals surface area contributed by atoms with Gasteiger partial charge >= 0.3 is 12.1 Å². The molecule has 0 unspecified atom stereocenters. The lowest BCUT2D eigenvalue weighted by Gasteiger charge is -2.31. The number of likely N-dealkylation sites (tertiary alicyclic amines) is 1. The standard InChI is InChI=1S/C25H20F3N3O3S/c26-25(27,28)22-16-7-1-2-8-18(16)29-12-17(22)24(33)34-14-21(32)31-11-5-6-15(13-31)23-30-19-9-3-4-10-20(19)35-23/h1-4,7-10,12,15H,5-6,11,13-14H2/t15-/m1/s1. The Kier molecular flexibility index (Phi) is 6.14. The molecule has 2 aromatic carbocycles. The number of pyridine rings is 1. The molecule has 1 amide bonds. The molecule has 10 heteroatoms. The first-order valence-corrected chi connectivity index (χ1v) is 11.9. The van der Waals surface area contributed by atoms with E-state index in [1.54, 1.807) is 22.3 Å². The van der Waals surface area contributed by atoms with E-state index >= 15 is 0 Å². The second-order valence-corrected chi connectivity index (χ2v) is 9.40. The molecule has 0 saturated carbocycles. The van der Waals surface area contributed by atoms with Gasteiger partial charge in [0.2, 0.25) is 0 Å². The first-order valence-electron chi connectivity index (χ1n) is 11.1. The molecule has 1 fully saturated rings. The van der Waals surface area contributed by atoms with Crippen LogP contribution in [0.1, 0.15) is 39.7 Å². The largest absolute Gasteiger partial charge is 0.452 e. The van der Waals surface area contributed by atoms with Crippen LogP contribution in [-0.2, 0) is 15.7 Å². The third-order valence-electron chi connectivity index (χ3n) is 6.04. The summed E-state index contributed by atoms with van der Waals surface area (Å²) in [6.45, 7) is 0.264. The Labute approximate surface area is 202 Å². The quantitative estimate of drug-likeness (QED) is 0.351. The second kappa shape index (κ2) is 9.26. The average Bonchev–Trinajstić information content (AvgIpc) is 3.30. The van der Waals surface area contributed by atoms with Crippen LogP contribution in [0.15, 0.2) is 54.7 Å². The Balaban J connectivity index is 1.29. The molecular weight excluding hydrogens is 479 g/mol. The Morgan fingerprint density at radius 1 is 1.09 bits per heavy atom. The van der Waals surface area contributed by atoms with Crippen molar-refractivity contribution in [2.45, 2.75) is 24.9 Å². The minimum atomic E-state index is -4.79. The molecular formula is C25H20F3N3O3S. The number of carbonyl (C=O) groups is 2. The number of amides is 1. The number of hydrogen-bond acceptors (Lipinski definition) is 6. The number of hydrogen-bond donors (Lipinski definition) is 0. The van der Waals surface area contributed by atoms with Gasteiger partial charge in [-0.1, -0.05) is 30.3 Å². The highest BCUT2D eigenvalue weighted by molar-refractivity contribution is 7.18. The monoisotopic (exact) mass is 499 g/mol. The van der Waals surface area contributed by atoms with E-state index in [0.29, 0.717) is 13.1 Å². The molecule has 6 nitrogen and oxygen atoms in total. The van der Waals surface area contributed by atoms with Crippen LogP contribution in [0.2, 0.25) is 0 Å². The maximum absolute atomic E-state index is 13.8. The van der Waals surface area contributed by atoms with Crippen molar-refractivity contribution in [3.05, 3.63) is 70.9 Å². The summed E-state index contributed by atoms with van der Waals surface area (Å²) in [7, 11) is 0. The van der Waals surface area contributed by atoms with Gasteiger partial charge in [0.15, 0.2) is 6.61 Å². The smallest absolute Gasteiger partial charge is 0.417 e. The zero-order valence-corrected chi connectivity index (χ0v) is 19.2. The van der Waals surface area contributed by atoms with E-state index in [-0.39, 0.29) is 16.8 Å². The molecule has 35 heavy (non-hydrogen) atoms. The maximum Gasteiger partial charge on any atom is 0.417 e. The van der Waals surface area contributed by atoms with E-state index in [4.69, 9.17) is 4.74 Å². The molecule has 1 atom stereocenters. The summed E-state index contributed by atoms with van der Waals surface area (Å²) in [6, 6.07) is 13.5. The number of nitrogens with zero attached hydrogens (tertiary/aromatic N) is 3. The van der Waals surface area contributed by atoms with Crippen molar-refractivity contribution in [2.24, 2.45) is 0 Å². The molecule has 0 spiro atoms. The third-order valence-corrected chi connectivity index (χ3v) is 7.24. The van der Waals surface area contributed by atoms with Crippen LogP contribution in [0.5, 0.6) is 0 Å². The molecule has 0 bridgehead atoms. The molecule has 180 valence electrons. The number of rotatable bonds is 4. The average molecular weight is 500 g/mol. The zero-order chi connectivity index (χ0) is 24.6. The third kappa shape index (κ3) is 4.70. The van der Waals surface area contributed by atoms with Gasteiger partial charge in [-0.25, -0.2) is 9.78 Å². The number of benzene rings is 2. The lowest BCUT2D eigenvalue weighted by molar-refractivity contribution is -0.137. The zero-order valence-electron chi connectivity index (χ0n) is 18.4. The molecule has 0 N–H and O–H groups in total. The summed E-state index contributed by atoms with van der Waals surface area (Å²) in [6.07, 6.45) is -2.31. The van der Waals surface area contributed by atoms with Crippen LogP contribution in [0.3, 0.4) is 0 Å². The number of para-hydroxylation sites is 2. The number of carbonyl (C=O) groups excluding carboxylic acids is 2. The molecule has 4 aromatic rings. The Morgan fingerprint density at radius 2 is 1.83 bits per heavy atom. The van der Waals surface area contributed by atoms with Gasteiger partial charge < -0.3 is 9.64 Å². The minimum Gasteiger partial charge on any atom is -0.452 e. The Morgan fingerprint density at radius 3 is 2.60 bits per heavy atom. The van der Waals surface area contributed by atoms with Gasteiger partial charge in [0.05, 0.1) is 31.9 Å². The van der Waals surface area contributed by atoms with Crippen LogP contribution in [0.4, 0.5) is 13.2 Å². The number of halogens is 3. The second-order valence-electron chi connectivity index (χ2n) is 8.34. The van der Waals surface area contributed by atoms with Crippen LogP contribution in [0, 0.1) is 0 Å². The van der Waals surface area contributed by atoms with Crippen molar-refractivity contribution in [3.8, 4) is 0 Å². The molecule has 3 heterocycles. The first-order chi connectivity index (χ1) is 16.8. The Bertz CT molecular complexity index is 1390. The summed E-state index contributed by atoms with van der Waals surface area (Å²) in [5, 5.41) is 0.744. The fourth-order valence-corrected chi connectivity index (χ4v) is 5.46. The molecule has 1 aliphatic heterocycles. The van der Waals surface area contributed by atoms with E-state index in [1.165, 1.54) is 18.2 Å². The predicted octanol–water partition coefficient (Wildman–Crippen LogP) is 5.43. The highest BCUT2D eigenvalue weighted by Crippen LogP contribution is 2.37. The van der Waals surface area contributed by atoms with Crippen LogP contribution in [-0.4, -0.2) is 46.4 Å². The SMILES string of the molecule is O=C(OCC(=O)N1CCC[C@@H](c2nc3ccccc3s2)C1)c1cnc2ccccc2c1C(F)(F)F. The molecule has 1 saturated heterocycles. The number of aromatic nitrogens is 2. The van der Waals surface area contributed by atoms with Crippen molar-refractivity contribution in [1.82, 2.24) is 14.9 Å². The normalized spacial score (nSPS) is 16.5. The highest BCUT2D eigenvalue weighted by Gasteiger charge is 2.38. The van der Waals surface area contributed by atoms with E-state index in [2.05, 4.69) is 9.97 Å². The van der Waals surface area contributed by atoms with Crippen LogP contribution >= 0.6 is 11.3 Å². The topological polar surface area (TPSA) is 72.4 Å². The number of alkyl halides is 3. The van der Waals surface area contributed by atoms with Gasteiger partial charge in [-0.15, -0.1) is 11.3 Å². The van der Waals surface area contributed by atoms with Gasteiger partial charge in [-0.05, 0) is 31.0 Å². The molecule has 0 aliphatic carbocycles. The summed E-state index contributed by atoms with van der Waals surface area (Å²) in [5.41, 5.74) is -0.805. The number of thiazole rings is 1. The van der Waals surface area contributed by atoms with Gasteiger partial charge in [0, 0.05) is 30.6 Å². The van der Waals surface area contributed by atoms with E-state index in [1.807, 2.05) is 24.3 Å². The fraction of sp³-hybridized carbons (Fsp3) is 0.280. The summed E-state index contributed by atoms with van der Waals surface area (Å²) < 4.78 is 47.5. The summed E-state index contributed by atoms with van der Waals surface area (Å²) in [5.74, 6) is -1.63. The van der Waals surface area contributed by atoms with Gasteiger partial charge in [-0.3, -0.25) is 9.78 Å². The van der Waals surface area contributed by atoms with Crippen molar-refractivity contribution >= 4 is 44.3 Å².